The summed E-state index contributed by atoms with van der Waals surface area (Å²) in [4.78, 5) is 0. The van der Waals surface area contributed by atoms with Crippen LogP contribution in [0.15, 0.2) is 46.9 Å². The first-order valence-electron chi connectivity index (χ1n) is 6.11. The van der Waals surface area contributed by atoms with Crippen molar-refractivity contribution in [1.82, 2.24) is 5.32 Å². The third-order valence-electron chi connectivity index (χ3n) is 2.63. The van der Waals surface area contributed by atoms with Crippen LogP contribution in [0.1, 0.15) is 12.5 Å². The molecular weight excluding hydrogens is 309 g/mol. The SMILES string of the molecule is CCNCc1ccc(Oc2ccc(Br)c(F)c2)cc1. The minimum Gasteiger partial charge on any atom is -0.457 e. The van der Waals surface area contributed by atoms with E-state index >= 15 is 0 Å². The Morgan fingerprint density at radius 1 is 1.11 bits per heavy atom. The van der Waals surface area contributed by atoms with Crippen molar-refractivity contribution in [3.8, 4) is 11.5 Å². The molecule has 2 rings (SSSR count). The first-order valence-corrected chi connectivity index (χ1v) is 6.91. The molecule has 0 saturated heterocycles. The van der Waals surface area contributed by atoms with Gasteiger partial charge in [-0.1, -0.05) is 19.1 Å². The highest BCUT2D eigenvalue weighted by molar-refractivity contribution is 9.10. The third kappa shape index (κ3) is 4.04. The molecule has 0 radical (unpaired) electrons. The quantitative estimate of drug-likeness (QED) is 0.875. The van der Waals surface area contributed by atoms with Gasteiger partial charge in [0.1, 0.15) is 17.3 Å². The molecule has 2 aromatic rings. The average Bonchev–Trinajstić information content (AvgIpc) is 2.42. The van der Waals surface area contributed by atoms with E-state index < -0.39 is 0 Å². The van der Waals surface area contributed by atoms with Crippen molar-refractivity contribution in [2.24, 2.45) is 0 Å². The maximum Gasteiger partial charge on any atom is 0.141 e. The number of rotatable bonds is 5. The number of hydrogen-bond donors (Lipinski definition) is 1. The fourth-order valence-corrected chi connectivity index (χ4v) is 1.87. The van der Waals surface area contributed by atoms with Crippen LogP contribution in [0.2, 0.25) is 0 Å². The maximum absolute atomic E-state index is 13.4. The molecular formula is C15H15BrFNO. The summed E-state index contributed by atoms with van der Waals surface area (Å²) in [6.45, 7) is 3.85. The van der Waals surface area contributed by atoms with Crippen molar-refractivity contribution in [2.75, 3.05) is 6.54 Å². The van der Waals surface area contributed by atoms with Gasteiger partial charge in [0.05, 0.1) is 4.47 Å². The molecule has 0 spiro atoms. The molecule has 0 aliphatic rings. The van der Waals surface area contributed by atoms with Gasteiger partial charge in [0.15, 0.2) is 0 Å². The number of halogens is 2. The van der Waals surface area contributed by atoms with E-state index in [2.05, 4.69) is 28.2 Å². The van der Waals surface area contributed by atoms with Gasteiger partial charge in [0.25, 0.3) is 0 Å². The minimum atomic E-state index is -0.332. The van der Waals surface area contributed by atoms with Gasteiger partial charge in [-0.05, 0) is 52.3 Å². The fraction of sp³-hybridized carbons (Fsp3) is 0.200. The summed E-state index contributed by atoms with van der Waals surface area (Å²) < 4.78 is 19.4. The summed E-state index contributed by atoms with van der Waals surface area (Å²) in [7, 11) is 0. The summed E-state index contributed by atoms with van der Waals surface area (Å²) in [5.41, 5.74) is 1.19. The normalized spacial score (nSPS) is 10.5. The monoisotopic (exact) mass is 323 g/mol. The topological polar surface area (TPSA) is 21.3 Å². The molecule has 0 unspecified atom stereocenters. The Balaban J connectivity index is 2.04. The van der Waals surface area contributed by atoms with Crippen LogP contribution in [0.3, 0.4) is 0 Å². The molecule has 1 N–H and O–H groups in total. The Hall–Kier alpha value is -1.39. The van der Waals surface area contributed by atoms with Crippen LogP contribution in [0.25, 0.3) is 0 Å². The molecule has 2 nitrogen and oxygen atoms in total. The van der Waals surface area contributed by atoms with E-state index in [1.165, 1.54) is 11.6 Å². The second kappa shape index (κ2) is 6.68. The zero-order valence-corrected chi connectivity index (χ0v) is 12.2. The Bertz CT molecular complexity index is 542. The Kier molecular flexibility index (Phi) is 4.93. The molecule has 0 atom stereocenters. The number of hydrogen-bond acceptors (Lipinski definition) is 2. The Morgan fingerprint density at radius 3 is 2.42 bits per heavy atom. The zero-order chi connectivity index (χ0) is 13.7. The number of benzene rings is 2. The highest BCUT2D eigenvalue weighted by atomic mass is 79.9. The van der Waals surface area contributed by atoms with Gasteiger partial charge < -0.3 is 10.1 Å². The summed E-state index contributed by atoms with van der Waals surface area (Å²) in [5, 5.41) is 3.25. The lowest BCUT2D eigenvalue weighted by Crippen LogP contribution is -2.11. The fourth-order valence-electron chi connectivity index (χ4n) is 1.62. The summed E-state index contributed by atoms with van der Waals surface area (Å²) >= 11 is 3.11. The first-order chi connectivity index (χ1) is 9.19. The van der Waals surface area contributed by atoms with E-state index in [9.17, 15) is 4.39 Å². The van der Waals surface area contributed by atoms with Crippen LogP contribution in [0.5, 0.6) is 11.5 Å². The highest BCUT2D eigenvalue weighted by Crippen LogP contribution is 2.25. The lowest BCUT2D eigenvalue weighted by molar-refractivity contribution is 0.476. The molecule has 2 aromatic carbocycles. The lowest BCUT2D eigenvalue weighted by atomic mass is 10.2. The van der Waals surface area contributed by atoms with Crippen LogP contribution in [0, 0.1) is 5.82 Å². The molecule has 0 aromatic heterocycles. The highest BCUT2D eigenvalue weighted by Gasteiger charge is 2.03. The minimum absolute atomic E-state index is 0.332. The van der Waals surface area contributed by atoms with Crippen molar-refractivity contribution in [2.45, 2.75) is 13.5 Å². The van der Waals surface area contributed by atoms with E-state index in [1.807, 2.05) is 24.3 Å². The number of nitrogens with one attached hydrogen (secondary N) is 1. The van der Waals surface area contributed by atoms with Crippen LogP contribution in [-0.2, 0) is 6.54 Å². The standard InChI is InChI=1S/C15H15BrFNO/c1-2-18-10-11-3-5-12(6-4-11)19-13-7-8-14(16)15(17)9-13/h3-9,18H,2,10H2,1H3. The second-order valence-electron chi connectivity index (χ2n) is 4.10. The number of ether oxygens (including phenoxy) is 1. The average molecular weight is 324 g/mol. The van der Waals surface area contributed by atoms with Gasteiger partial charge in [0, 0.05) is 12.6 Å². The smallest absolute Gasteiger partial charge is 0.141 e. The Morgan fingerprint density at radius 2 is 1.79 bits per heavy atom. The van der Waals surface area contributed by atoms with E-state index in [1.54, 1.807) is 12.1 Å². The molecule has 0 fully saturated rings. The molecule has 0 amide bonds. The van der Waals surface area contributed by atoms with Crippen molar-refractivity contribution in [1.29, 1.82) is 0 Å². The zero-order valence-electron chi connectivity index (χ0n) is 10.6. The molecule has 0 aliphatic carbocycles. The van der Waals surface area contributed by atoms with Gasteiger partial charge in [-0.15, -0.1) is 0 Å². The van der Waals surface area contributed by atoms with E-state index in [0.717, 1.165) is 13.1 Å². The molecule has 4 heteroatoms. The van der Waals surface area contributed by atoms with Gasteiger partial charge in [0.2, 0.25) is 0 Å². The van der Waals surface area contributed by atoms with Crippen LogP contribution < -0.4 is 10.1 Å². The molecule has 100 valence electrons. The third-order valence-corrected chi connectivity index (χ3v) is 3.27. The summed E-state index contributed by atoms with van der Waals surface area (Å²) in [6.07, 6.45) is 0. The summed E-state index contributed by atoms with van der Waals surface area (Å²) in [6, 6.07) is 12.5. The largest absolute Gasteiger partial charge is 0.457 e. The van der Waals surface area contributed by atoms with E-state index in [-0.39, 0.29) is 5.82 Å². The van der Waals surface area contributed by atoms with Gasteiger partial charge in [-0.25, -0.2) is 4.39 Å². The van der Waals surface area contributed by atoms with E-state index in [0.29, 0.717) is 16.0 Å². The van der Waals surface area contributed by atoms with E-state index in [4.69, 9.17) is 4.74 Å². The predicted octanol–water partition coefficient (Wildman–Crippen LogP) is 4.49. The van der Waals surface area contributed by atoms with Crippen molar-refractivity contribution in [3.05, 3.63) is 58.3 Å². The first kappa shape index (κ1) is 14.0. The van der Waals surface area contributed by atoms with Crippen LogP contribution in [-0.4, -0.2) is 6.54 Å². The van der Waals surface area contributed by atoms with Gasteiger partial charge >= 0.3 is 0 Å². The molecule has 0 saturated carbocycles. The Labute approximate surface area is 120 Å². The van der Waals surface area contributed by atoms with Gasteiger partial charge in [-0.2, -0.15) is 0 Å². The molecule has 0 heterocycles. The molecule has 0 bridgehead atoms. The second-order valence-corrected chi connectivity index (χ2v) is 4.96. The van der Waals surface area contributed by atoms with Crippen LogP contribution in [0.4, 0.5) is 4.39 Å². The molecule has 19 heavy (non-hydrogen) atoms. The predicted molar refractivity (Wildman–Crippen MR) is 78.0 cm³/mol. The van der Waals surface area contributed by atoms with Crippen molar-refractivity contribution >= 4 is 15.9 Å². The van der Waals surface area contributed by atoms with Crippen LogP contribution >= 0.6 is 15.9 Å². The maximum atomic E-state index is 13.4. The lowest BCUT2D eigenvalue weighted by Gasteiger charge is -2.07. The van der Waals surface area contributed by atoms with Crippen molar-refractivity contribution < 1.29 is 9.13 Å². The molecule has 0 aliphatic heterocycles. The van der Waals surface area contributed by atoms with Crippen molar-refractivity contribution in [3.63, 3.8) is 0 Å². The van der Waals surface area contributed by atoms with Gasteiger partial charge in [-0.3, -0.25) is 0 Å². The summed E-state index contributed by atoms with van der Waals surface area (Å²) in [5.74, 6) is 0.850.